The average Bonchev–Trinajstić information content (AvgIpc) is 2.40. The van der Waals surface area contributed by atoms with E-state index in [2.05, 4.69) is 31.1 Å². The molecule has 0 amide bonds. The third kappa shape index (κ3) is 4.62. The fraction of sp³-hybridized carbons (Fsp3) is 0.312. The largest absolute Gasteiger partial charge is 0.308 e. The van der Waals surface area contributed by atoms with Crippen molar-refractivity contribution in [1.29, 1.82) is 0 Å². The lowest BCUT2D eigenvalue weighted by molar-refractivity contribution is 0.424. The van der Waals surface area contributed by atoms with Gasteiger partial charge < -0.3 is 5.32 Å². The van der Waals surface area contributed by atoms with Crippen LogP contribution in [0, 0.1) is 5.82 Å². The molecule has 0 unspecified atom stereocenters. The van der Waals surface area contributed by atoms with E-state index < -0.39 is 0 Å². The van der Waals surface area contributed by atoms with Crippen LogP contribution in [-0.2, 0) is 6.54 Å². The summed E-state index contributed by atoms with van der Waals surface area (Å²) >= 11 is 1.34. The van der Waals surface area contributed by atoms with Crippen molar-refractivity contribution < 1.29 is 4.39 Å². The van der Waals surface area contributed by atoms with Gasteiger partial charge in [-0.1, -0.05) is 30.0 Å². The van der Waals surface area contributed by atoms with Crippen molar-refractivity contribution in [1.82, 2.24) is 10.3 Å². The molecule has 1 aromatic heterocycles. The summed E-state index contributed by atoms with van der Waals surface area (Å²) in [5.74, 6) is -0.210. The van der Waals surface area contributed by atoms with E-state index in [1.807, 2.05) is 24.4 Å². The van der Waals surface area contributed by atoms with Crippen LogP contribution in [0.2, 0.25) is 0 Å². The number of halogens is 1. The summed E-state index contributed by atoms with van der Waals surface area (Å²) in [6.45, 7) is 7.16. The van der Waals surface area contributed by atoms with Crippen LogP contribution in [0.1, 0.15) is 26.3 Å². The maximum atomic E-state index is 13.5. The van der Waals surface area contributed by atoms with Crippen molar-refractivity contribution in [2.75, 3.05) is 0 Å². The fourth-order valence-corrected chi connectivity index (χ4v) is 2.36. The van der Waals surface area contributed by atoms with Gasteiger partial charge >= 0.3 is 0 Å². The van der Waals surface area contributed by atoms with Gasteiger partial charge in [0.15, 0.2) is 0 Å². The van der Waals surface area contributed by atoms with Crippen LogP contribution in [0.3, 0.4) is 0 Å². The molecule has 0 bridgehead atoms. The molecule has 0 spiro atoms. The summed E-state index contributed by atoms with van der Waals surface area (Å²) in [6.07, 6.45) is 1.84. The molecule has 0 saturated heterocycles. The molecule has 2 rings (SSSR count). The van der Waals surface area contributed by atoms with Gasteiger partial charge in [0.05, 0.1) is 0 Å². The maximum absolute atomic E-state index is 13.5. The van der Waals surface area contributed by atoms with E-state index in [4.69, 9.17) is 0 Å². The van der Waals surface area contributed by atoms with Crippen molar-refractivity contribution in [3.8, 4) is 0 Å². The smallest absolute Gasteiger partial charge is 0.137 e. The maximum Gasteiger partial charge on any atom is 0.137 e. The Hall–Kier alpha value is -1.39. The van der Waals surface area contributed by atoms with E-state index in [0.29, 0.717) is 4.90 Å². The van der Waals surface area contributed by atoms with E-state index in [0.717, 1.165) is 17.1 Å². The van der Waals surface area contributed by atoms with Crippen molar-refractivity contribution in [2.24, 2.45) is 0 Å². The molecule has 0 aliphatic rings. The summed E-state index contributed by atoms with van der Waals surface area (Å²) in [4.78, 5) is 4.97. The Morgan fingerprint density at radius 3 is 2.50 bits per heavy atom. The first kappa shape index (κ1) is 15.0. The Kier molecular flexibility index (Phi) is 4.78. The number of aromatic nitrogens is 1. The van der Waals surface area contributed by atoms with Gasteiger partial charge in [0, 0.05) is 23.2 Å². The highest BCUT2D eigenvalue weighted by atomic mass is 32.2. The summed E-state index contributed by atoms with van der Waals surface area (Å²) in [7, 11) is 0. The molecule has 1 aromatic carbocycles. The molecule has 1 heterocycles. The van der Waals surface area contributed by atoms with E-state index in [1.54, 1.807) is 12.1 Å². The van der Waals surface area contributed by atoms with Crippen molar-refractivity contribution >= 4 is 11.8 Å². The van der Waals surface area contributed by atoms with Gasteiger partial charge in [0.1, 0.15) is 10.8 Å². The number of pyridine rings is 1. The minimum Gasteiger partial charge on any atom is -0.308 e. The number of nitrogens with one attached hydrogen (secondary N) is 1. The van der Waals surface area contributed by atoms with Crippen LogP contribution in [0.4, 0.5) is 4.39 Å². The minimum absolute atomic E-state index is 0.0839. The first-order chi connectivity index (χ1) is 9.44. The summed E-state index contributed by atoms with van der Waals surface area (Å²) in [5.41, 5.74) is 1.21. The molecule has 0 atom stereocenters. The molecule has 1 N–H and O–H groups in total. The van der Waals surface area contributed by atoms with Crippen LogP contribution in [-0.4, -0.2) is 10.5 Å². The number of hydrogen-bond donors (Lipinski definition) is 1. The zero-order valence-corrected chi connectivity index (χ0v) is 12.8. The topological polar surface area (TPSA) is 24.9 Å². The van der Waals surface area contributed by atoms with E-state index in [-0.39, 0.29) is 11.4 Å². The number of nitrogens with zero attached hydrogens (tertiary/aromatic N) is 1. The molecule has 2 aromatic rings. The molecule has 106 valence electrons. The van der Waals surface area contributed by atoms with Crippen molar-refractivity contribution in [3.05, 3.63) is 54.0 Å². The van der Waals surface area contributed by atoms with Crippen LogP contribution >= 0.6 is 11.8 Å². The molecule has 0 aliphatic carbocycles. The van der Waals surface area contributed by atoms with Crippen molar-refractivity contribution in [3.63, 3.8) is 0 Å². The molecule has 0 saturated carbocycles. The predicted molar refractivity (Wildman–Crippen MR) is 81.4 cm³/mol. The monoisotopic (exact) mass is 290 g/mol. The number of rotatable bonds is 4. The zero-order valence-electron chi connectivity index (χ0n) is 12.0. The Morgan fingerprint density at radius 1 is 1.15 bits per heavy atom. The molecule has 0 aliphatic heterocycles. The van der Waals surface area contributed by atoms with E-state index >= 15 is 0 Å². The fourth-order valence-electron chi connectivity index (χ4n) is 1.58. The number of hydrogen-bond acceptors (Lipinski definition) is 3. The lowest BCUT2D eigenvalue weighted by Crippen LogP contribution is -2.35. The lowest BCUT2D eigenvalue weighted by Gasteiger charge is -2.20. The van der Waals surface area contributed by atoms with Gasteiger partial charge in [-0.15, -0.1) is 0 Å². The highest BCUT2D eigenvalue weighted by molar-refractivity contribution is 7.99. The lowest BCUT2D eigenvalue weighted by atomic mass is 10.1. The third-order valence-corrected chi connectivity index (χ3v) is 3.67. The second-order valence-electron chi connectivity index (χ2n) is 5.64. The van der Waals surface area contributed by atoms with Gasteiger partial charge in [-0.3, -0.25) is 0 Å². The summed E-state index contributed by atoms with van der Waals surface area (Å²) in [5, 5.41) is 4.21. The summed E-state index contributed by atoms with van der Waals surface area (Å²) < 4.78 is 13.5. The SMILES string of the molecule is CC(C)(C)NCc1ccc(Sc2ccccc2F)nc1. The highest BCUT2D eigenvalue weighted by Gasteiger charge is 2.09. The molecule has 0 fully saturated rings. The van der Waals surface area contributed by atoms with Gasteiger partial charge in [-0.25, -0.2) is 9.37 Å². The van der Waals surface area contributed by atoms with Crippen LogP contribution < -0.4 is 5.32 Å². The van der Waals surface area contributed by atoms with Crippen LogP contribution in [0.15, 0.2) is 52.5 Å². The zero-order chi connectivity index (χ0) is 14.6. The molecular formula is C16H19FN2S. The average molecular weight is 290 g/mol. The number of benzene rings is 1. The van der Waals surface area contributed by atoms with E-state index in [1.165, 1.54) is 17.8 Å². The highest BCUT2D eigenvalue weighted by Crippen LogP contribution is 2.27. The Morgan fingerprint density at radius 2 is 1.90 bits per heavy atom. The quantitative estimate of drug-likeness (QED) is 0.910. The standard InChI is InChI=1S/C16H19FN2S/c1-16(2,3)19-11-12-8-9-15(18-10-12)20-14-7-5-4-6-13(14)17/h4-10,19H,11H2,1-3H3. The second kappa shape index (κ2) is 6.37. The first-order valence-corrected chi connectivity index (χ1v) is 7.38. The Balaban J connectivity index is 2.00. The third-order valence-electron chi connectivity index (χ3n) is 2.67. The molecule has 0 radical (unpaired) electrons. The molecular weight excluding hydrogens is 271 g/mol. The van der Waals surface area contributed by atoms with Crippen LogP contribution in [0.25, 0.3) is 0 Å². The molecule has 20 heavy (non-hydrogen) atoms. The first-order valence-electron chi connectivity index (χ1n) is 6.56. The van der Waals surface area contributed by atoms with Gasteiger partial charge in [0.25, 0.3) is 0 Å². The van der Waals surface area contributed by atoms with Gasteiger partial charge in [-0.05, 0) is 44.5 Å². The Labute approximate surface area is 123 Å². The van der Waals surface area contributed by atoms with Gasteiger partial charge in [-0.2, -0.15) is 0 Å². The van der Waals surface area contributed by atoms with Crippen molar-refractivity contribution in [2.45, 2.75) is 42.8 Å². The normalized spacial score (nSPS) is 11.6. The van der Waals surface area contributed by atoms with Crippen LogP contribution in [0.5, 0.6) is 0 Å². The molecule has 2 nitrogen and oxygen atoms in total. The second-order valence-corrected chi connectivity index (χ2v) is 6.70. The Bertz CT molecular complexity index is 561. The minimum atomic E-state index is -0.210. The predicted octanol–water partition coefficient (Wildman–Crippen LogP) is 4.26. The summed E-state index contributed by atoms with van der Waals surface area (Å²) in [6, 6.07) is 10.7. The van der Waals surface area contributed by atoms with Gasteiger partial charge in [0.2, 0.25) is 0 Å². The van der Waals surface area contributed by atoms with E-state index in [9.17, 15) is 4.39 Å². The molecule has 4 heteroatoms.